The number of benzene rings is 3. The van der Waals surface area contributed by atoms with Crippen molar-refractivity contribution in [3.63, 3.8) is 0 Å². The van der Waals surface area contributed by atoms with E-state index >= 15 is 0 Å². The summed E-state index contributed by atoms with van der Waals surface area (Å²) in [4.78, 5) is 24.2. The second kappa shape index (κ2) is 10.7. The van der Waals surface area contributed by atoms with E-state index in [0.29, 0.717) is 23.2 Å². The van der Waals surface area contributed by atoms with Crippen LogP contribution in [0.1, 0.15) is 34.0 Å². The van der Waals surface area contributed by atoms with Crippen LogP contribution in [-0.4, -0.2) is 18.5 Å². The summed E-state index contributed by atoms with van der Waals surface area (Å²) in [6.07, 6.45) is 2.07. The van der Waals surface area contributed by atoms with Gasteiger partial charge in [0.05, 0.1) is 12.2 Å². The summed E-state index contributed by atoms with van der Waals surface area (Å²) in [5.41, 5.74) is 3.31. The van der Waals surface area contributed by atoms with Crippen LogP contribution in [-0.2, 0) is 16.0 Å². The Bertz CT molecular complexity index is 1180. The Morgan fingerprint density at radius 2 is 1.75 bits per heavy atom. The number of rotatable bonds is 7. The minimum absolute atomic E-state index is 0.0580. The van der Waals surface area contributed by atoms with Gasteiger partial charge in [0.15, 0.2) is 0 Å². The van der Waals surface area contributed by atoms with Gasteiger partial charge in [0, 0.05) is 5.69 Å². The van der Waals surface area contributed by atoms with Crippen LogP contribution in [0.4, 0.5) is 10.1 Å². The molecule has 160 valence electrons. The summed E-state index contributed by atoms with van der Waals surface area (Å²) >= 11 is 0. The Morgan fingerprint density at radius 3 is 2.38 bits per heavy atom. The van der Waals surface area contributed by atoms with Gasteiger partial charge in [0.2, 0.25) is 0 Å². The van der Waals surface area contributed by atoms with Crippen LogP contribution < -0.4 is 5.32 Å². The first kappa shape index (κ1) is 22.4. The maximum absolute atomic E-state index is 13.3. The smallest absolute Gasteiger partial charge is 0.338 e. The summed E-state index contributed by atoms with van der Waals surface area (Å²) in [5, 5.41) is 12.1. The molecule has 6 heteroatoms. The number of halogens is 1. The van der Waals surface area contributed by atoms with E-state index in [1.54, 1.807) is 49.4 Å². The highest BCUT2D eigenvalue weighted by Crippen LogP contribution is 2.16. The van der Waals surface area contributed by atoms with Crippen molar-refractivity contribution in [1.29, 1.82) is 5.26 Å². The molecule has 0 fully saturated rings. The standard InChI is InChI=1S/C26H21FN2O3/c1-2-32-26(31)21-10-12-24(13-11-21)29-25(30)22(17-28)15-19-8-6-18(7-9-19)14-20-4-3-5-23(27)16-20/h3-13,15-16H,2,14H2,1H3,(H,29,30)/b22-15+. The largest absolute Gasteiger partial charge is 0.462 e. The lowest BCUT2D eigenvalue weighted by molar-refractivity contribution is -0.112. The van der Waals surface area contributed by atoms with Gasteiger partial charge in [-0.15, -0.1) is 0 Å². The molecule has 1 amide bonds. The number of esters is 1. The van der Waals surface area contributed by atoms with Gasteiger partial charge in [-0.2, -0.15) is 5.26 Å². The maximum Gasteiger partial charge on any atom is 0.338 e. The molecule has 0 saturated heterocycles. The molecule has 32 heavy (non-hydrogen) atoms. The summed E-state index contributed by atoms with van der Waals surface area (Å²) in [6, 6.07) is 21.9. The summed E-state index contributed by atoms with van der Waals surface area (Å²) in [7, 11) is 0. The highest BCUT2D eigenvalue weighted by molar-refractivity contribution is 6.09. The third kappa shape index (κ3) is 6.13. The van der Waals surface area contributed by atoms with E-state index in [1.807, 2.05) is 24.3 Å². The van der Waals surface area contributed by atoms with Crippen molar-refractivity contribution in [2.24, 2.45) is 0 Å². The molecular weight excluding hydrogens is 407 g/mol. The lowest BCUT2D eigenvalue weighted by atomic mass is 10.0. The normalized spacial score (nSPS) is 10.8. The van der Waals surface area contributed by atoms with Gasteiger partial charge in [-0.1, -0.05) is 36.4 Å². The van der Waals surface area contributed by atoms with Crippen LogP contribution in [0.5, 0.6) is 0 Å². The van der Waals surface area contributed by atoms with Gasteiger partial charge >= 0.3 is 5.97 Å². The molecular formula is C26H21FN2O3. The molecule has 0 saturated carbocycles. The maximum atomic E-state index is 13.3. The fourth-order valence-corrected chi connectivity index (χ4v) is 3.03. The molecule has 0 spiro atoms. The van der Waals surface area contributed by atoms with Gasteiger partial charge < -0.3 is 10.1 Å². The third-order valence-corrected chi connectivity index (χ3v) is 4.61. The van der Waals surface area contributed by atoms with Crippen LogP contribution in [0, 0.1) is 17.1 Å². The first-order chi connectivity index (χ1) is 15.5. The van der Waals surface area contributed by atoms with Crippen LogP contribution in [0.2, 0.25) is 0 Å². The van der Waals surface area contributed by atoms with E-state index in [4.69, 9.17) is 4.74 Å². The molecule has 0 atom stereocenters. The second-order valence-corrected chi connectivity index (χ2v) is 6.97. The molecule has 0 aliphatic carbocycles. The number of hydrogen-bond acceptors (Lipinski definition) is 4. The Kier molecular flexibility index (Phi) is 7.50. The highest BCUT2D eigenvalue weighted by atomic mass is 19.1. The molecule has 5 nitrogen and oxygen atoms in total. The number of nitriles is 1. The number of anilines is 1. The lowest BCUT2D eigenvalue weighted by Gasteiger charge is -2.06. The Hall–Kier alpha value is -4.24. The summed E-state index contributed by atoms with van der Waals surface area (Å²) in [5.74, 6) is -1.27. The van der Waals surface area contributed by atoms with Crippen LogP contribution in [0.15, 0.2) is 78.4 Å². The average Bonchev–Trinajstić information content (AvgIpc) is 2.79. The lowest BCUT2D eigenvalue weighted by Crippen LogP contribution is -2.13. The molecule has 1 N–H and O–H groups in total. The molecule has 0 aliphatic heterocycles. The molecule has 3 rings (SSSR count). The Labute approximate surface area is 185 Å². The molecule has 0 heterocycles. The van der Waals surface area contributed by atoms with Gasteiger partial charge in [-0.3, -0.25) is 4.79 Å². The van der Waals surface area contributed by atoms with E-state index in [1.165, 1.54) is 18.2 Å². The van der Waals surface area contributed by atoms with Crippen molar-refractivity contribution in [1.82, 2.24) is 0 Å². The summed E-state index contributed by atoms with van der Waals surface area (Å²) in [6.45, 7) is 2.00. The molecule has 3 aromatic rings. The molecule has 0 unspecified atom stereocenters. The van der Waals surface area contributed by atoms with E-state index in [9.17, 15) is 19.2 Å². The molecule has 0 aliphatic rings. The number of nitrogens with zero attached hydrogens (tertiary/aromatic N) is 1. The van der Waals surface area contributed by atoms with Crippen molar-refractivity contribution in [3.05, 3.63) is 106 Å². The predicted octanol–water partition coefficient (Wildman–Crippen LogP) is 5.14. The number of carbonyl (C=O) groups excluding carboxylic acids is 2. The van der Waals surface area contributed by atoms with Crippen molar-refractivity contribution in [3.8, 4) is 6.07 Å². The van der Waals surface area contributed by atoms with Crippen molar-refractivity contribution in [2.45, 2.75) is 13.3 Å². The predicted molar refractivity (Wildman–Crippen MR) is 120 cm³/mol. The third-order valence-electron chi connectivity index (χ3n) is 4.61. The zero-order valence-corrected chi connectivity index (χ0v) is 17.5. The zero-order valence-electron chi connectivity index (χ0n) is 17.5. The second-order valence-electron chi connectivity index (χ2n) is 6.97. The fraction of sp³-hybridized carbons (Fsp3) is 0.115. The monoisotopic (exact) mass is 428 g/mol. The van der Waals surface area contributed by atoms with Gasteiger partial charge in [-0.05, 0) is 72.5 Å². The highest BCUT2D eigenvalue weighted by Gasteiger charge is 2.11. The number of nitrogens with one attached hydrogen (secondary N) is 1. The van der Waals surface area contributed by atoms with Crippen LogP contribution >= 0.6 is 0 Å². The van der Waals surface area contributed by atoms with E-state index in [2.05, 4.69) is 5.32 Å². The Morgan fingerprint density at radius 1 is 1.03 bits per heavy atom. The van der Waals surface area contributed by atoms with E-state index < -0.39 is 11.9 Å². The minimum Gasteiger partial charge on any atom is -0.462 e. The van der Waals surface area contributed by atoms with Crippen molar-refractivity contribution < 1.29 is 18.7 Å². The molecule has 0 aromatic heterocycles. The molecule has 3 aromatic carbocycles. The number of carbonyl (C=O) groups is 2. The van der Waals surface area contributed by atoms with Crippen LogP contribution in [0.3, 0.4) is 0 Å². The molecule has 0 bridgehead atoms. The topological polar surface area (TPSA) is 79.2 Å². The van der Waals surface area contributed by atoms with Gasteiger partial charge in [0.25, 0.3) is 5.91 Å². The fourth-order valence-electron chi connectivity index (χ4n) is 3.03. The molecule has 0 radical (unpaired) electrons. The quantitative estimate of drug-likeness (QED) is 0.321. The zero-order chi connectivity index (χ0) is 22.9. The van der Waals surface area contributed by atoms with Crippen molar-refractivity contribution >= 4 is 23.6 Å². The van der Waals surface area contributed by atoms with E-state index in [0.717, 1.165) is 11.1 Å². The average molecular weight is 428 g/mol. The van der Waals surface area contributed by atoms with Gasteiger partial charge in [0.1, 0.15) is 17.5 Å². The minimum atomic E-state index is -0.555. The number of hydrogen-bond donors (Lipinski definition) is 1. The van der Waals surface area contributed by atoms with Crippen LogP contribution in [0.25, 0.3) is 6.08 Å². The van der Waals surface area contributed by atoms with Crippen molar-refractivity contribution in [2.75, 3.05) is 11.9 Å². The first-order valence-corrected chi connectivity index (χ1v) is 10.0. The number of ether oxygens (including phenoxy) is 1. The van der Waals surface area contributed by atoms with E-state index in [-0.39, 0.29) is 18.0 Å². The number of amides is 1. The SMILES string of the molecule is CCOC(=O)c1ccc(NC(=O)/C(C#N)=C/c2ccc(Cc3cccc(F)c3)cc2)cc1. The Balaban J connectivity index is 1.66. The van der Waals surface area contributed by atoms with Gasteiger partial charge in [-0.25, -0.2) is 9.18 Å². The first-order valence-electron chi connectivity index (χ1n) is 10.0. The summed E-state index contributed by atoms with van der Waals surface area (Å²) < 4.78 is 18.3.